The lowest BCUT2D eigenvalue weighted by Crippen LogP contribution is -2.47. The van der Waals surface area contributed by atoms with Crippen LogP contribution in [0.3, 0.4) is 0 Å². The Labute approximate surface area is 388 Å². The standard InChI is InChI=1S/C53H80O9SSi/c1-17-18-19-38(4)51(60-34-45-22-26-48(58-14)27-23-45)43(9)49(54)46(35-61-63(55,56)52-40(6)29-36(2)30-41(52)7)31-37(3)28-39(5)50(62-64(15,16)53(10,11)12)42(8)32-59-33-44-20-24-47(57-13)25-21-44/h17-30,38-39,42-43,46,49-51,54H,1,31-35H2,2-16H3/b19-18-,37-28-/t38-,39-,42-,43-,46+,49+,50+,51-/m0/s1. The molecule has 0 heterocycles. The predicted molar refractivity (Wildman–Crippen MR) is 264 cm³/mol. The van der Waals surface area contributed by atoms with Crippen LogP contribution in [0.1, 0.15) is 89.6 Å². The lowest BCUT2D eigenvalue weighted by molar-refractivity contribution is -0.0750. The minimum atomic E-state index is -4.17. The van der Waals surface area contributed by atoms with Crippen LogP contribution >= 0.6 is 0 Å². The van der Waals surface area contributed by atoms with E-state index in [2.05, 4.69) is 67.3 Å². The SMILES string of the molecule is C=C/C=C\[C@H](C)[C@H](OCc1ccc(OC)cc1)[C@@H](C)[C@@H](O)[C@@H](COS(=O)(=O)c1c(C)cc(C)cc1C)C/C(C)=C\[C@H](C)[C@@H](O[Si](C)(C)C(C)(C)C)[C@@H](C)COCc1ccc(OC)cc1. The second kappa shape index (κ2) is 24.8. The van der Waals surface area contributed by atoms with Crippen molar-refractivity contribution in [2.75, 3.05) is 27.4 Å². The van der Waals surface area contributed by atoms with Crippen LogP contribution in [-0.2, 0) is 41.4 Å². The molecule has 11 heteroatoms. The summed E-state index contributed by atoms with van der Waals surface area (Å²) in [6.07, 6.45) is 6.63. The van der Waals surface area contributed by atoms with Crippen molar-refractivity contribution in [2.45, 2.75) is 137 Å². The number of aliphatic hydroxyl groups is 1. The Morgan fingerprint density at radius 3 is 1.84 bits per heavy atom. The van der Waals surface area contributed by atoms with E-state index in [0.29, 0.717) is 37.4 Å². The van der Waals surface area contributed by atoms with Gasteiger partial charge in [-0.15, -0.1) is 0 Å². The highest BCUT2D eigenvalue weighted by Gasteiger charge is 2.41. The average molecular weight is 921 g/mol. The van der Waals surface area contributed by atoms with E-state index in [1.807, 2.05) is 93.6 Å². The summed E-state index contributed by atoms with van der Waals surface area (Å²) in [5.41, 5.74) is 5.24. The van der Waals surface area contributed by atoms with Crippen LogP contribution in [0.2, 0.25) is 18.1 Å². The second-order valence-electron chi connectivity index (χ2n) is 19.4. The fraction of sp³-hybridized carbons (Fsp3) is 0.547. The van der Waals surface area contributed by atoms with Crippen molar-refractivity contribution in [1.82, 2.24) is 0 Å². The monoisotopic (exact) mass is 921 g/mol. The van der Waals surface area contributed by atoms with E-state index in [4.69, 9.17) is 27.6 Å². The third-order valence-electron chi connectivity index (χ3n) is 12.8. The molecule has 0 bridgehead atoms. The minimum absolute atomic E-state index is 0.0142. The molecule has 0 spiro atoms. The lowest BCUT2D eigenvalue weighted by atomic mass is 9.81. The first-order valence-electron chi connectivity index (χ1n) is 22.7. The highest BCUT2D eigenvalue weighted by atomic mass is 32.2. The van der Waals surface area contributed by atoms with Gasteiger partial charge in [-0.3, -0.25) is 4.18 Å². The Kier molecular flexibility index (Phi) is 21.2. The van der Waals surface area contributed by atoms with Gasteiger partial charge in [0.15, 0.2) is 8.32 Å². The molecule has 0 fully saturated rings. The maximum Gasteiger partial charge on any atom is 0.297 e. The lowest BCUT2D eigenvalue weighted by Gasteiger charge is -2.42. The predicted octanol–water partition coefficient (Wildman–Crippen LogP) is 12.1. The molecule has 1 N–H and O–H groups in total. The molecule has 0 aliphatic heterocycles. The van der Waals surface area contributed by atoms with Crippen molar-refractivity contribution >= 4 is 18.4 Å². The van der Waals surface area contributed by atoms with E-state index in [0.717, 1.165) is 33.8 Å². The third kappa shape index (κ3) is 16.1. The van der Waals surface area contributed by atoms with Gasteiger partial charge >= 0.3 is 0 Å². The molecule has 64 heavy (non-hydrogen) atoms. The van der Waals surface area contributed by atoms with E-state index < -0.39 is 42.5 Å². The topological polar surface area (TPSA) is 110 Å². The smallest absolute Gasteiger partial charge is 0.297 e. The van der Waals surface area contributed by atoms with Crippen molar-refractivity contribution in [3.8, 4) is 11.5 Å². The molecule has 0 aliphatic rings. The van der Waals surface area contributed by atoms with Gasteiger partial charge in [0.2, 0.25) is 0 Å². The molecule has 0 amide bonds. The van der Waals surface area contributed by atoms with Crippen molar-refractivity contribution in [1.29, 1.82) is 0 Å². The molecule has 0 saturated heterocycles. The van der Waals surface area contributed by atoms with E-state index in [1.54, 1.807) is 34.1 Å². The first-order chi connectivity index (χ1) is 29.9. The molecule has 0 radical (unpaired) electrons. The number of rotatable bonds is 26. The first-order valence-corrected chi connectivity index (χ1v) is 27.0. The zero-order valence-corrected chi connectivity index (χ0v) is 43.4. The van der Waals surface area contributed by atoms with E-state index in [9.17, 15) is 13.5 Å². The van der Waals surface area contributed by atoms with Crippen LogP contribution in [0.5, 0.6) is 11.5 Å². The molecule has 3 rings (SSSR count). The van der Waals surface area contributed by atoms with E-state index >= 15 is 0 Å². The van der Waals surface area contributed by atoms with Crippen molar-refractivity contribution in [2.24, 2.45) is 29.6 Å². The molecule has 0 aliphatic carbocycles. The Bertz CT molecular complexity index is 2050. The van der Waals surface area contributed by atoms with Crippen molar-refractivity contribution in [3.05, 3.63) is 125 Å². The molecule has 0 saturated carbocycles. The zero-order chi connectivity index (χ0) is 48.0. The van der Waals surface area contributed by atoms with Crippen LogP contribution in [0, 0.1) is 50.4 Å². The molecule has 356 valence electrons. The number of methoxy groups -OCH3 is 2. The zero-order valence-electron chi connectivity index (χ0n) is 41.6. The van der Waals surface area contributed by atoms with Gasteiger partial charge in [-0.05, 0) is 105 Å². The molecule has 9 nitrogen and oxygen atoms in total. The maximum absolute atomic E-state index is 14.0. The Balaban J connectivity index is 1.99. The fourth-order valence-corrected chi connectivity index (χ4v) is 11.1. The number of aryl methyl sites for hydroxylation is 3. The van der Waals surface area contributed by atoms with Crippen LogP contribution < -0.4 is 9.47 Å². The summed E-state index contributed by atoms with van der Waals surface area (Å²) in [6, 6.07) is 19.3. The van der Waals surface area contributed by atoms with Gasteiger partial charge in [-0.1, -0.05) is 127 Å². The summed E-state index contributed by atoms with van der Waals surface area (Å²) in [6.45, 7) is 32.1. The van der Waals surface area contributed by atoms with Gasteiger partial charge in [0.05, 0.1) is 63.9 Å². The van der Waals surface area contributed by atoms with Gasteiger partial charge < -0.3 is 28.5 Å². The summed E-state index contributed by atoms with van der Waals surface area (Å²) >= 11 is 0. The summed E-state index contributed by atoms with van der Waals surface area (Å²) in [5.74, 6) is 0.437. The molecular weight excluding hydrogens is 841 g/mol. The maximum atomic E-state index is 14.0. The fourth-order valence-electron chi connectivity index (χ4n) is 8.22. The second-order valence-corrected chi connectivity index (χ2v) is 25.7. The van der Waals surface area contributed by atoms with Gasteiger partial charge in [0.25, 0.3) is 10.1 Å². The minimum Gasteiger partial charge on any atom is -0.497 e. The molecule has 3 aromatic carbocycles. The molecule has 8 atom stereocenters. The Morgan fingerprint density at radius 2 is 1.34 bits per heavy atom. The first kappa shape index (κ1) is 54.8. The largest absolute Gasteiger partial charge is 0.497 e. The number of aliphatic hydroxyl groups excluding tert-OH is 1. The van der Waals surface area contributed by atoms with E-state index in [-0.39, 0.29) is 40.4 Å². The quantitative estimate of drug-likeness (QED) is 0.0364. The summed E-state index contributed by atoms with van der Waals surface area (Å²) in [4.78, 5) is 0.165. The number of allylic oxidation sites excluding steroid dienone is 3. The van der Waals surface area contributed by atoms with Crippen LogP contribution in [-0.4, -0.2) is 67.6 Å². The van der Waals surface area contributed by atoms with Gasteiger partial charge in [-0.2, -0.15) is 8.42 Å². The summed E-state index contributed by atoms with van der Waals surface area (Å²) < 4.78 is 64.8. The van der Waals surface area contributed by atoms with Crippen LogP contribution in [0.15, 0.2) is 102 Å². The number of ether oxygens (including phenoxy) is 4. The van der Waals surface area contributed by atoms with Gasteiger partial charge in [-0.25, -0.2) is 0 Å². The summed E-state index contributed by atoms with van der Waals surface area (Å²) in [7, 11) is -3.11. The Morgan fingerprint density at radius 1 is 0.812 bits per heavy atom. The van der Waals surface area contributed by atoms with Crippen molar-refractivity contribution < 1.29 is 41.1 Å². The number of hydrogen-bond donors (Lipinski definition) is 1. The van der Waals surface area contributed by atoms with Gasteiger partial charge in [0.1, 0.15) is 11.5 Å². The molecule has 0 aromatic heterocycles. The van der Waals surface area contributed by atoms with Crippen molar-refractivity contribution in [3.63, 3.8) is 0 Å². The molecular formula is C53H80O9SSi. The van der Waals surface area contributed by atoms with Gasteiger partial charge in [0, 0.05) is 23.7 Å². The highest BCUT2D eigenvalue weighted by Crippen LogP contribution is 2.40. The summed E-state index contributed by atoms with van der Waals surface area (Å²) in [5, 5.41) is 12.4. The number of hydrogen-bond acceptors (Lipinski definition) is 9. The Hall–Kier alpha value is -3.55. The molecule has 3 aromatic rings. The normalized spacial score (nSPS) is 16.7. The van der Waals surface area contributed by atoms with Crippen LogP contribution in [0.25, 0.3) is 0 Å². The average Bonchev–Trinajstić information content (AvgIpc) is 3.22. The number of benzene rings is 3. The van der Waals surface area contributed by atoms with E-state index in [1.165, 1.54) is 0 Å². The highest BCUT2D eigenvalue weighted by molar-refractivity contribution is 7.86. The third-order valence-corrected chi connectivity index (χ3v) is 18.8. The molecule has 0 unspecified atom stereocenters. The van der Waals surface area contributed by atoms with Crippen LogP contribution in [0.4, 0.5) is 0 Å².